The zero-order valence-electron chi connectivity index (χ0n) is 11.9. The van der Waals surface area contributed by atoms with Crippen molar-refractivity contribution in [1.29, 1.82) is 0 Å². The van der Waals surface area contributed by atoms with E-state index in [0.29, 0.717) is 12.2 Å². The van der Waals surface area contributed by atoms with Gasteiger partial charge in [-0.05, 0) is 30.9 Å². The molecule has 21 heavy (non-hydrogen) atoms. The van der Waals surface area contributed by atoms with Crippen LogP contribution >= 0.6 is 0 Å². The van der Waals surface area contributed by atoms with Crippen molar-refractivity contribution in [2.24, 2.45) is 5.73 Å². The van der Waals surface area contributed by atoms with Gasteiger partial charge in [-0.25, -0.2) is 4.68 Å². The molecule has 2 aromatic rings. The number of para-hydroxylation sites is 1. The molecule has 2 N–H and O–H groups in total. The van der Waals surface area contributed by atoms with E-state index >= 15 is 0 Å². The van der Waals surface area contributed by atoms with Crippen LogP contribution in [0.3, 0.4) is 0 Å². The highest BCUT2D eigenvalue weighted by Gasteiger charge is 2.21. The van der Waals surface area contributed by atoms with Crippen molar-refractivity contribution in [3.63, 3.8) is 0 Å². The lowest BCUT2D eigenvalue weighted by Crippen LogP contribution is -2.34. The van der Waals surface area contributed by atoms with Gasteiger partial charge in [0.2, 0.25) is 5.91 Å². The van der Waals surface area contributed by atoms with E-state index in [4.69, 9.17) is 5.73 Å². The van der Waals surface area contributed by atoms with Crippen molar-refractivity contribution in [2.45, 2.75) is 32.4 Å². The maximum Gasteiger partial charge on any atom is 0.248 e. The second-order valence-electron chi connectivity index (χ2n) is 5.24. The molecule has 0 bridgehead atoms. The first-order chi connectivity index (χ1) is 10.3. The Bertz CT molecular complexity index is 636. The van der Waals surface area contributed by atoms with E-state index in [-0.39, 0.29) is 12.5 Å². The predicted molar refractivity (Wildman–Crippen MR) is 79.6 cm³/mol. The largest absolute Gasteiger partial charge is 0.325 e. The van der Waals surface area contributed by atoms with Crippen LogP contribution in [0.5, 0.6) is 0 Å². The second-order valence-corrected chi connectivity index (χ2v) is 5.24. The Balaban J connectivity index is 1.80. The van der Waals surface area contributed by atoms with Gasteiger partial charge >= 0.3 is 0 Å². The third-order valence-corrected chi connectivity index (χ3v) is 3.75. The van der Waals surface area contributed by atoms with Crippen LogP contribution in [0.15, 0.2) is 30.5 Å². The van der Waals surface area contributed by atoms with Crippen molar-refractivity contribution in [2.75, 3.05) is 11.4 Å². The number of rotatable bonds is 3. The van der Waals surface area contributed by atoms with Crippen LogP contribution in [-0.2, 0) is 24.3 Å². The molecule has 0 atom stereocenters. The molecule has 1 aliphatic heterocycles. The quantitative estimate of drug-likeness (QED) is 0.916. The first kappa shape index (κ1) is 13.8. The van der Waals surface area contributed by atoms with Crippen molar-refractivity contribution in [3.8, 4) is 0 Å². The first-order valence-corrected chi connectivity index (χ1v) is 7.25. The summed E-state index contributed by atoms with van der Waals surface area (Å²) in [5, 5.41) is 7.85. The summed E-state index contributed by atoms with van der Waals surface area (Å²) in [6, 6.07) is 8.12. The minimum atomic E-state index is 0.0396. The van der Waals surface area contributed by atoms with E-state index < -0.39 is 0 Å². The van der Waals surface area contributed by atoms with Gasteiger partial charge in [0.05, 0.1) is 11.9 Å². The number of nitrogens with two attached hydrogens (primary N) is 1. The normalized spacial score (nSPS) is 14.6. The zero-order valence-corrected chi connectivity index (χ0v) is 11.9. The molecule has 0 fully saturated rings. The molecule has 6 nitrogen and oxygen atoms in total. The van der Waals surface area contributed by atoms with Crippen LogP contribution in [0.4, 0.5) is 5.69 Å². The molecule has 0 spiro atoms. The van der Waals surface area contributed by atoms with E-state index in [2.05, 4.69) is 16.4 Å². The van der Waals surface area contributed by atoms with Gasteiger partial charge in [-0.3, -0.25) is 4.79 Å². The van der Waals surface area contributed by atoms with Gasteiger partial charge in [0.25, 0.3) is 0 Å². The van der Waals surface area contributed by atoms with Crippen molar-refractivity contribution in [3.05, 3.63) is 41.7 Å². The summed E-state index contributed by atoms with van der Waals surface area (Å²) in [4.78, 5) is 14.5. The Morgan fingerprint density at radius 2 is 2.14 bits per heavy atom. The lowest BCUT2D eigenvalue weighted by molar-refractivity contribution is -0.119. The maximum atomic E-state index is 12.6. The van der Waals surface area contributed by atoms with Crippen LogP contribution in [0.25, 0.3) is 0 Å². The molecule has 0 saturated carbocycles. The number of fused-ring (bicyclic) bond motifs is 1. The minimum absolute atomic E-state index is 0.0396. The number of anilines is 1. The molecule has 1 aromatic carbocycles. The summed E-state index contributed by atoms with van der Waals surface area (Å²) in [5.41, 5.74) is 8.47. The molecule has 110 valence electrons. The van der Waals surface area contributed by atoms with Crippen molar-refractivity contribution >= 4 is 11.6 Å². The fourth-order valence-electron chi connectivity index (χ4n) is 2.68. The summed E-state index contributed by atoms with van der Waals surface area (Å²) in [6.45, 7) is 1.29. The number of hydrogen-bond acceptors (Lipinski definition) is 4. The lowest BCUT2D eigenvalue weighted by Gasteiger charge is -2.22. The molecular weight excluding hydrogens is 266 g/mol. The Morgan fingerprint density at radius 3 is 2.95 bits per heavy atom. The van der Waals surface area contributed by atoms with E-state index in [1.54, 1.807) is 10.9 Å². The molecule has 1 aliphatic rings. The summed E-state index contributed by atoms with van der Waals surface area (Å²) < 4.78 is 1.55. The van der Waals surface area contributed by atoms with Gasteiger partial charge in [0.1, 0.15) is 6.54 Å². The van der Waals surface area contributed by atoms with Crippen molar-refractivity contribution < 1.29 is 4.79 Å². The number of carbonyl (C=O) groups excluding carboxylic acids is 1. The minimum Gasteiger partial charge on any atom is -0.325 e. The molecule has 0 unspecified atom stereocenters. The van der Waals surface area contributed by atoms with Crippen LogP contribution in [0.2, 0.25) is 0 Å². The summed E-state index contributed by atoms with van der Waals surface area (Å²) >= 11 is 0. The third-order valence-electron chi connectivity index (χ3n) is 3.75. The van der Waals surface area contributed by atoms with Gasteiger partial charge in [-0.1, -0.05) is 23.4 Å². The maximum absolute atomic E-state index is 12.6. The summed E-state index contributed by atoms with van der Waals surface area (Å²) in [6.07, 6.45) is 4.88. The van der Waals surface area contributed by atoms with E-state index in [1.165, 1.54) is 5.56 Å². The molecule has 2 heterocycles. The number of amides is 1. The number of benzene rings is 1. The molecule has 0 aliphatic carbocycles. The van der Waals surface area contributed by atoms with Crippen LogP contribution in [-0.4, -0.2) is 27.4 Å². The Morgan fingerprint density at radius 1 is 1.29 bits per heavy atom. The molecule has 3 rings (SSSR count). The van der Waals surface area contributed by atoms with E-state index in [1.807, 2.05) is 23.1 Å². The standard InChI is InChI=1S/C15H19N5O/c16-9-13-10-19(18-17-13)11-15(21)20-8-4-3-6-12-5-1-2-7-14(12)20/h1-2,5,7,10H,3-4,6,8-9,11,16H2. The van der Waals surface area contributed by atoms with Gasteiger partial charge in [-0.15, -0.1) is 5.10 Å². The number of carbonyl (C=O) groups is 1. The van der Waals surface area contributed by atoms with Crippen molar-refractivity contribution in [1.82, 2.24) is 15.0 Å². The van der Waals surface area contributed by atoms with Gasteiger partial charge in [0.15, 0.2) is 0 Å². The van der Waals surface area contributed by atoms with Gasteiger partial charge in [0, 0.05) is 18.8 Å². The number of nitrogens with zero attached hydrogens (tertiary/aromatic N) is 4. The van der Waals surface area contributed by atoms with Gasteiger partial charge < -0.3 is 10.6 Å². The van der Waals surface area contributed by atoms with E-state index in [9.17, 15) is 4.79 Å². The Labute approximate surface area is 123 Å². The molecule has 6 heteroatoms. The van der Waals surface area contributed by atoms with Crippen LogP contribution in [0, 0.1) is 0 Å². The summed E-state index contributed by atoms with van der Waals surface area (Å²) in [5.74, 6) is 0.0396. The zero-order chi connectivity index (χ0) is 14.7. The highest BCUT2D eigenvalue weighted by molar-refractivity contribution is 5.94. The Kier molecular flexibility index (Phi) is 3.96. The van der Waals surface area contributed by atoms with Crippen LogP contribution in [0.1, 0.15) is 24.1 Å². The highest BCUT2D eigenvalue weighted by atomic mass is 16.2. The molecule has 0 radical (unpaired) electrons. The second kappa shape index (κ2) is 6.05. The fraction of sp³-hybridized carbons (Fsp3) is 0.400. The monoisotopic (exact) mass is 285 g/mol. The van der Waals surface area contributed by atoms with E-state index in [0.717, 1.165) is 31.5 Å². The highest BCUT2D eigenvalue weighted by Crippen LogP contribution is 2.26. The summed E-state index contributed by atoms with van der Waals surface area (Å²) in [7, 11) is 0. The topological polar surface area (TPSA) is 77.0 Å². The third kappa shape index (κ3) is 2.95. The Hall–Kier alpha value is -2.21. The predicted octanol–water partition coefficient (Wildman–Crippen LogP) is 1.11. The first-order valence-electron chi connectivity index (χ1n) is 7.25. The smallest absolute Gasteiger partial charge is 0.248 e. The molecular formula is C15H19N5O. The average molecular weight is 285 g/mol. The average Bonchev–Trinajstić information content (AvgIpc) is 2.84. The van der Waals surface area contributed by atoms with Gasteiger partial charge in [-0.2, -0.15) is 0 Å². The molecule has 0 saturated heterocycles. The number of hydrogen-bond donors (Lipinski definition) is 1. The molecule has 1 aromatic heterocycles. The number of aromatic nitrogens is 3. The lowest BCUT2D eigenvalue weighted by atomic mass is 10.1. The fourth-order valence-corrected chi connectivity index (χ4v) is 2.68. The number of aryl methyl sites for hydroxylation is 1. The molecule has 1 amide bonds. The SMILES string of the molecule is NCc1cn(CC(=O)N2CCCCc3ccccc32)nn1. The van der Waals surface area contributed by atoms with Crippen LogP contribution < -0.4 is 10.6 Å².